The van der Waals surface area contributed by atoms with E-state index < -0.39 is 27.9 Å². The highest BCUT2D eigenvalue weighted by Crippen LogP contribution is 2.27. The van der Waals surface area contributed by atoms with Gasteiger partial charge >= 0.3 is 5.97 Å². The van der Waals surface area contributed by atoms with E-state index in [4.69, 9.17) is 0 Å². The molecule has 7 nitrogen and oxygen atoms in total. The number of carboxylic acids is 1. The first kappa shape index (κ1) is 18.1. The molecule has 0 radical (unpaired) electrons. The molecule has 0 aliphatic carbocycles. The highest BCUT2D eigenvalue weighted by molar-refractivity contribution is 7.89. The lowest BCUT2D eigenvalue weighted by Gasteiger charge is -2.23. The minimum atomic E-state index is -3.80. The zero-order valence-electron chi connectivity index (χ0n) is 13.8. The van der Waals surface area contributed by atoms with Crippen LogP contribution < -0.4 is 5.32 Å². The first-order valence-corrected chi connectivity index (χ1v) is 9.55. The van der Waals surface area contributed by atoms with E-state index >= 15 is 0 Å². The number of aromatic carboxylic acids is 1. The van der Waals surface area contributed by atoms with Gasteiger partial charge in [-0.25, -0.2) is 13.2 Å². The van der Waals surface area contributed by atoms with Crippen LogP contribution in [0.3, 0.4) is 0 Å². The number of carbonyl (C=O) groups excluding carboxylic acids is 1. The Morgan fingerprint density at radius 3 is 2.38 bits per heavy atom. The van der Waals surface area contributed by atoms with Gasteiger partial charge < -0.3 is 10.4 Å². The van der Waals surface area contributed by atoms with E-state index in [2.05, 4.69) is 5.32 Å². The molecule has 1 amide bonds. The van der Waals surface area contributed by atoms with Gasteiger partial charge in [-0.3, -0.25) is 4.79 Å². The average Bonchev–Trinajstić information content (AvgIpc) is 3.13. The van der Waals surface area contributed by atoms with Gasteiger partial charge in [0.05, 0.1) is 16.1 Å². The lowest BCUT2D eigenvalue weighted by Crippen LogP contribution is -2.43. The summed E-state index contributed by atoms with van der Waals surface area (Å²) in [6.45, 7) is 0.246. The second-order valence-corrected chi connectivity index (χ2v) is 7.82. The Morgan fingerprint density at radius 2 is 1.69 bits per heavy atom. The van der Waals surface area contributed by atoms with Crippen molar-refractivity contribution < 1.29 is 23.1 Å². The maximum Gasteiger partial charge on any atom is 0.337 e. The summed E-state index contributed by atoms with van der Waals surface area (Å²) in [5.41, 5.74) is 0.102. The van der Waals surface area contributed by atoms with Crippen LogP contribution in [0.1, 0.15) is 23.2 Å². The molecule has 1 heterocycles. The molecule has 26 heavy (non-hydrogen) atoms. The molecule has 1 fully saturated rings. The number of benzene rings is 2. The van der Waals surface area contributed by atoms with Gasteiger partial charge in [-0.15, -0.1) is 0 Å². The number of anilines is 1. The van der Waals surface area contributed by atoms with E-state index in [9.17, 15) is 23.1 Å². The van der Waals surface area contributed by atoms with Gasteiger partial charge in [0.15, 0.2) is 0 Å². The highest BCUT2D eigenvalue weighted by Gasteiger charge is 2.39. The summed E-state index contributed by atoms with van der Waals surface area (Å²) in [5, 5.41) is 11.8. The fraction of sp³-hybridized carbons (Fsp3) is 0.222. The molecule has 1 unspecified atom stereocenters. The summed E-state index contributed by atoms with van der Waals surface area (Å²) in [7, 11) is -3.80. The third-order valence-corrected chi connectivity index (χ3v) is 6.19. The molecule has 1 atom stereocenters. The standard InChI is InChI=1S/C18H18N2O5S/c21-17(19-15-10-5-4-9-14(15)18(22)23)16-11-6-12-20(16)26(24,25)13-7-2-1-3-8-13/h1-5,7-10,16H,6,11-12H2,(H,19,21)(H,22,23). The number of carbonyl (C=O) groups is 2. The largest absolute Gasteiger partial charge is 0.478 e. The molecule has 0 saturated carbocycles. The number of para-hydroxylation sites is 1. The quantitative estimate of drug-likeness (QED) is 0.835. The lowest BCUT2D eigenvalue weighted by molar-refractivity contribution is -0.119. The van der Waals surface area contributed by atoms with Gasteiger partial charge in [-0.1, -0.05) is 30.3 Å². The summed E-state index contributed by atoms with van der Waals surface area (Å²) in [5.74, 6) is -1.70. The van der Waals surface area contributed by atoms with Crippen LogP contribution in [-0.4, -0.2) is 42.3 Å². The van der Waals surface area contributed by atoms with Crippen LogP contribution in [0.5, 0.6) is 0 Å². The van der Waals surface area contributed by atoms with E-state index in [0.29, 0.717) is 12.8 Å². The maximum atomic E-state index is 12.8. The molecule has 2 N–H and O–H groups in total. The van der Waals surface area contributed by atoms with Crippen molar-refractivity contribution in [1.82, 2.24) is 4.31 Å². The second kappa shape index (κ2) is 7.27. The molecule has 0 bridgehead atoms. The van der Waals surface area contributed by atoms with Crippen LogP contribution in [0.2, 0.25) is 0 Å². The molecular formula is C18H18N2O5S. The number of hydrogen-bond donors (Lipinski definition) is 2. The Kier molecular flexibility index (Phi) is 5.06. The smallest absolute Gasteiger partial charge is 0.337 e. The van der Waals surface area contributed by atoms with Gasteiger partial charge in [0.1, 0.15) is 6.04 Å². The van der Waals surface area contributed by atoms with Crippen LogP contribution in [0.15, 0.2) is 59.5 Å². The Bertz CT molecular complexity index is 928. The normalized spacial score (nSPS) is 17.8. The van der Waals surface area contributed by atoms with E-state index in [0.717, 1.165) is 0 Å². The Hall–Kier alpha value is -2.71. The van der Waals surface area contributed by atoms with Crippen molar-refractivity contribution in [2.75, 3.05) is 11.9 Å². The van der Waals surface area contributed by atoms with Crippen molar-refractivity contribution in [2.24, 2.45) is 0 Å². The summed E-state index contributed by atoms with van der Waals surface area (Å²) in [4.78, 5) is 24.1. The van der Waals surface area contributed by atoms with Crippen molar-refractivity contribution in [3.8, 4) is 0 Å². The molecular weight excluding hydrogens is 356 g/mol. The van der Waals surface area contributed by atoms with E-state index in [1.54, 1.807) is 30.3 Å². The molecule has 136 valence electrons. The van der Waals surface area contributed by atoms with Crippen molar-refractivity contribution in [3.63, 3.8) is 0 Å². The number of rotatable bonds is 5. The van der Waals surface area contributed by atoms with Crippen LogP contribution in [0.25, 0.3) is 0 Å². The summed E-state index contributed by atoms with van der Waals surface area (Å²) in [6, 6.07) is 13.1. The van der Waals surface area contributed by atoms with Gasteiger partial charge in [-0.05, 0) is 37.1 Å². The van der Waals surface area contributed by atoms with Gasteiger partial charge in [0, 0.05) is 6.54 Å². The highest BCUT2D eigenvalue weighted by atomic mass is 32.2. The minimum absolute atomic E-state index is 0.0451. The van der Waals surface area contributed by atoms with E-state index in [1.165, 1.54) is 28.6 Å². The molecule has 2 aromatic rings. The van der Waals surface area contributed by atoms with Crippen molar-refractivity contribution in [2.45, 2.75) is 23.8 Å². The zero-order valence-corrected chi connectivity index (χ0v) is 14.6. The summed E-state index contributed by atoms with van der Waals surface area (Å²) >= 11 is 0. The van der Waals surface area contributed by atoms with Crippen LogP contribution in [0, 0.1) is 0 Å². The number of carboxylic acid groups (broad SMARTS) is 1. The molecule has 3 rings (SSSR count). The number of nitrogens with one attached hydrogen (secondary N) is 1. The Balaban J connectivity index is 1.85. The predicted octanol–water partition coefficient (Wildman–Crippen LogP) is 2.18. The third-order valence-electron chi connectivity index (χ3n) is 4.27. The fourth-order valence-electron chi connectivity index (χ4n) is 3.01. The molecule has 0 aromatic heterocycles. The Labute approximate surface area is 151 Å². The number of sulfonamides is 1. The molecule has 0 spiro atoms. The molecule has 1 aliphatic rings. The number of nitrogens with zero attached hydrogens (tertiary/aromatic N) is 1. The van der Waals surface area contributed by atoms with Gasteiger partial charge in [0.2, 0.25) is 15.9 Å². The lowest BCUT2D eigenvalue weighted by atomic mass is 10.1. The van der Waals surface area contributed by atoms with Crippen LogP contribution >= 0.6 is 0 Å². The topological polar surface area (TPSA) is 104 Å². The predicted molar refractivity (Wildman–Crippen MR) is 95.4 cm³/mol. The van der Waals surface area contributed by atoms with E-state index in [-0.39, 0.29) is 22.7 Å². The fourth-order valence-corrected chi connectivity index (χ4v) is 4.69. The van der Waals surface area contributed by atoms with Gasteiger partial charge in [-0.2, -0.15) is 4.31 Å². The van der Waals surface area contributed by atoms with Crippen molar-refractivity contribution in [1.29, 1.82) is 0 Å². The SMILES string of the molecule is O=C(O)c1ccccc1NC(=O)C1CCCN1S(=O)(=O)c1ccccc1. The van der Waals surface area contributed by atoms with Gasteiger partial charge in [0.25, 0.3) is 0 Å². The molecule has 8 heteroatoms. The van der Waals surface area contributed by atoms with Crippen molar-refractivity contribution >= 4 is 27.6 Å². The molecule has 1 saturated heterocycles. The van der Waals surface area contributed by atoms with E-state index in [1.807, 2.05) is 0 Å². The molecule has 1 aliphatic heterocycles. The number of amides is 1. The zero-order chi connectivity index (χ0) is 18.7. The first-order chi connectivity index (χ1) is 12.4. The Morgan fingerprint density at radius 1 is 1.04 bits per heavy atom. The monoisotopic (exact) mass is 374 g/mol. The number of hydrogen-bond acceptors (Lipinski definition) is 4. The third kappa shape index (κ3) is 3.47. The van der Waals surface area contributed by atoms with Crippen LogP contribution in [0.4, 0.5) is 5.69 Å². The van der Waals surface area contributed by atoms with Crippen molar-refractivity contribution in [3.05, 3.63) is 60.2 Å². The second-order valence-electron chi connectivity index (χ2n) is 5.93. The van der Waals surface area contributed by atoms with Crippen LogP contribution in [-0.2, 0) is 14.8 Å². The maximum absolute atomic E-state index is 12.8. The summed E-state index contributed by atoms with van der Waals surface area (Å²) in [6.07, 6.45) is 0.942. The molecule has 2 aromatic carbocycles. The first-order valence-electron chi connectivity index (χ1n) is 8.11. The summed E-state index contributed by atoms with van der Waals surface area (Å²) < 4.78 is 26.8. The average molecular weight is 374 g/mol. The minimum Gasteiger partial charge on any atom is -0.478 e.